The molecule has 1 atom stereocenters. The van der Waals surface area contributed by atoms with Crippen LogP contribution in [-0.4, -0.2) is 33.6 Å². The lowest BCUT2D eigenvalue weighted by Gasteiger charge is -2.32. The second-order valence-corrected chi connectivity index (χ2v) is 6.98. The number of halogens is 4. The second-order valence-electron chi connectivity index (χ2n) is 6.54. The average molecular weight is 375 g/mol. The van der Waals surface area contributed by atoms with Gasteiger partial charge < -0.3 is 5.11 Å². The van der Waals surface area contributed by atoms with Crippen molar-refractivity contribution < 1.29 is 23.1 Å². The Hall–Kier alpha value is -1.60. The van der Waals surface area contributed by atoms with Gasteiger partial charge in [0, 0.05) is 22.7 Å². The number of carbonyl (C=O) groups is 1. The number of hydrogen-bond acceptors (Lipinski definition) is 3. The minimum Gasteiger partial charge on any atom is -0.362 e. The van der Waals surface area contributed by atoms with E-state index >= 15 is 0 Å². The fraction of sp³-hybridized carbons (Fsp3) is 0.529. The third-order valence-corrected chi connectivity index (χ3v) is 5.04. The van der Waals surface area contributed by atoms with Gasteiger partial charge >= 0.3 is 6.18 Å². The van der Waals surface area contributed by atoms with Crippen LogP contribution in [0.3, 0.4) is 0 Å². The number of rotatable bonds is 2. The molecule has 0 bridgehead atoms. The predicted octanol–water partition coefficient (Wildman–Crippen LogP) is 4.37. The normalized spacial score (nSPS) is 25.2. The molecule has 25 heavy (non-hydrogen) atoms. The van der Waals surface area contributed by atoms with Gasteiger partial charge in [0.15, 0.2) is 0 Å². The van der Waals surface area contributed by atoms with E-state index in [1.54, 1.807) is 0 Å². The van der Waals surface area contributed by atoms with E-state index in [2.05, 4.69) is 5.10 Å². The van der Waals surface area contributed by atoms with Crippen LogP contribution >= 0.6 is 11.6 Å². The Balaban J connectivity index is 1.96. The third kappa shape index (κ3) is 3.40. The highest BCUT2D eigenvalue weighted by atomic mass is 35.5. The van der Waals surface area contributed by atoms with Gasteiger partial charge in [-0.05, 0) is 37.0 Å². The number of hydrazone groups is 1. The van der Waals surface area contributed by atoms with Gasteiger partial charge in [-0.15, -0.1) is 0 Å². The lowest BCUT2D eigenvalue weighted by atomic mass is 9.83. The molecular formula is C17H18ClF3N2O2. The van der Waals surface area contributed by atoms with E-state index in [1.165, 1.54) is 24.3 Å². The quantitative estimate of drug-likeness (QED) is 0.835. The maximum absolute atomic E-state index is 13.5. The molecule has 0 aromatic heterocycles. The zero-order valence-electron chi connectivity index (χ0n) is 13.4. The van der Waals surface area contributed by atoms with Crippen LogP contribution in [0.15, 0.2) is 29.4 Å². The van der Waals surface area contributed by atoms with Crippen molar-refractivity contribution in [3.05, 3.63) is 34.9 Å². The van der Waals surface area contributed by atoms with E-state index in [0.717, 1.165) is 32.1 Å². The van der Waals surface area contributed by atoms with E-state index in [9.17, 15) is 23.1 Å². The van der Waals surface area contributed by atoms with Crippen LogP contribution in [0.25, 0.3) is 0 Å². The monoisotopic (exact) mass is 374 g/mol. The maximum Gasteiger partial charge on any atom is 0.438 e. The van der Waals surface area contributed by atoms with Crippen LogP contribution < -0.4 is 0 Å². The predicted molar refractivity (Wildman–Crippen MR) is 87.3 cm³/mol. The Bertz CT molecular complexity index is 701. The van der Waals surface area contributed by atoms with Crippen molar-refractivity contribution in [3.8, 4) is 0 Å². The Morgan fingerprint density at radius 2 is 1.96 bits per heavy atom. The molecule has 1 fully saturated rings. The molecule has 2 aliphatic rings. The Kier molecular flexibility index (Phi) is 4.81. The Labute approximate surface area is 148 Å². The summed E-state index contributed by atoms with van der Waals surface area (Å²) in [7, 11) is 0. The molecule has 1 aromatic rings. The lowest BCUT2D eigenvalue weighted by molar-refractivity contribution is -0.297. The second kappa shape index (κ2) is 6.61. The van der Waals surface area contributed by atoms with Gasteiger partial charge in [-0.3, -0.25) is 4.79 Å². The van der Waals surface area contributed by atoms with Crippen molar-refractivity contribution in [2.45, 2.75) is 50.4 Å². The zero-order valence-corrected chi connectivity index (χ0v) is 14.1. The molecule has 1 amide bonds. The maximum atomic E-state index is 13.5. The summed E-state index contributed by atoms with van der Waals surface area (Å²) in [6.45, 7) is 0. The molecule has 8 heteroatoms. The fourth-order valence-corrected chi connectivity index (χ4v) is 3.60. The van der Waals surface area contributed by atoms with Gasteiger partial charge in [-0.2, -0.15) is 23.3 Å². The number of carbonyl (C=O) groups excluding carboxylic acids is 1. The van der Waals surface area contributed by atoms with Gasteiger partial charge in [0.2, 0.25) is 0 Å². The Morgan fingerprint density at radius 3 is 2.56 bits per heavy atom. The summed E-state index contributed by atoms with van der Waals surface area (Å²) < 4.78 is 40.6. The molecule has 1 aliphatic heterocycles. The van der Waals surface area contributed by atoms with Gasteiger partial charge in [-0.25, -0.2) is 0 Å². The van der Waals surface area contributed by atoms with Crippen molar-refractivity contribution in [2.24, 2.45) is 11.0 Å². The minimum atomic E-state index is -5.01. The first-order chi connectivity index (χ1) is 11.7. The first-order valence-corrected chi connectivity index (χ1v) is 8.57. The van der Waals surface area contributed by atoms with Crippen LogP contribution in [0.5, 0.6) is 0 Å². The van der Waals surface area contributed by atoms with Gasteiger partial charge in [0.1, 0.15) is 0 Å². The van der Waals surface area contributed by atoms with Crippen molar-refractivity contribution in [1.82, 2.24) is 5.01 Å². The lowest BCUT2D eigenvalue weighted by Crippen LogP contribution is -2.56. The highest BCUT2D eigenvalue weighted by molar-refractivity contribution is 6.31. The molecule has 3 rings (SSSR count). The zero-order chi connectivity index (χ0) is 18.2. The molecule has 1 aliphatic carbocycles. The van der Waals surface area contributed by atoms with E-state index in [-0.39, 0.29) is 27.2 Å². The van der Waals surface area contributed by atoms with Crippen LogP contribution in [0.4, 0.5) is 13.2 Å². The number of hydrogen-bond donors (Lipinski definition) is 1. The molecule has 1 saturated carbocycles. The number of amides is 1. The van der Waals surface area contributed by atoms with E-state index in [0.29, 0.717) is 0 Å². The molecule has 0 saturated heterocycles. The molecule has 0 radical (unpaired) electrons. The van der Waals surface area contributed by atoms with E-state index in [4.69, 9.17) is 11.6 Å². The van der Waals surface area contributed by atoms with Gasteiger partial charge in [-0.1, -0.05) is 36.9 Å². The molecule has 136 valence electrons. The van der Waals surface area contributed by atoms with E-state index < -0.39 is 24.2 Å². The number of aliphatic hydroxyl groups is 1. The fourth-order valence-electron chi connectivity index (χ4n) is 3.41. The van der Waals surface area contributed by atoms with Crippen LogP contribution in [0.2, 0.25) is 5.02 Å². The van der Waals surface area contributed by atoms with Gasteiger partial charge in [0.05, 0.1) is 0 Å². The first-order valence-electron chi connectivity index (χ1n) is 8.19. The summed E-state index contributed by atoms with van der Waals surface area (Å²) in [5, 5.41) is 14.6. The summed E-state index contributed by atoms with van der Waals surface area (Å²) in [5.74, 6) is -1.15. The van der Waals surface area contributed by atoms with Crippen LogP contribution in [0, 0.1) is 5.92 Å². The van der Waals surface area contributed by atoms with Crippen molar-refractivity contribution in [1.29, 1.82) is 0 Å². The first kappa shape index (κ1) is 18.2. The summed E-state index contributed by atoms with van der Waals surface area (Å²) in [5.41, 5.74) is -3.13. The summed E-state index contributed by atoms with van der Waals surface area (Å²) in [6.07, 6.45) is -1.39. The number of benzene rings is 1. The van der Waals surface area contributed by atoms with Crippen LogP contribution in [0.1, 0.15) is 48.9 Å². The number of alkyl halides is 3. The molecule has 0 spiro atoms. The molecule has 1 aromatic carbocycles. The summed E-state index contributed by atoms with van der Waals surface area (Å²) in [4.78, 5) is 12.6. The largest absolute Gasteiger partial charge is 0.438 e. The van der Waals surface area contributed by atoms with E-state index in [1.807, 2.05) is 0 Å². The highest BCUT2D eigenvalue weighted by Crippen LogP contribution is 2.43. The van der Waals surface area contributed by atoms with Crippen molar-refractivity contribution >= 4 is 23.2 Å². The molecule has 1 heterocycles. The molecule has 4 nitrogen and oxygen atoms in total. The summed E-state index contributed by atoms with van der Waals surface area (Å²) >= 11 is 5.82. The summed E-state index contributed by atoms with van der Waals surface area (Å²) in [6, 6.07) is 5.58. The number of nitrogens with zero attached hydrogens (tertiary/aromatic N) is 2. The van der Waals surface area contributed by atoms with Crippen molar-refractivity contribution in [3.63, 3.8) is 0 Å². The third-order valence-electron chi connectivity index (χ3n) is 4.80. The topological polar surface area (TPSA) is 52.9 Å². The highest BCUT2D eigenvalue weighted by Gasteiger charge is 2.63. The average Bonchev–Trinajstić information content (AvgIpc) is 2.94. The smallest absolute Gasteiger partial charge is 0.362 e. The van der Waals surface area contributed by atoms with Crippen LogP contribution in [-0.2, 0) is 0 Å². The Morgan fingerprint density at radius 1 is 1.28 bits per heavy atom. The molecule has 0 unspecified atom stereocenters. The minimum absolute atomic E-state index is 0.0520. The SMILES string of the molecule is O=C(c1cccc(Cl)c1)N1N=C(C2CCCCC2)C[C@@]1(O)C(F)(F)F. The van der Waals surface area contributed by atoms with Gasteiger partial charge in [0.25, 0.3) is 11.6 Å². The standard InChI is InChI=1S/C17H18ClF3N2O2/c18-13-8-4-7-12(9-13)15(24)23-16(25,17(19,20)21)10-14(22-23)11-5-2-1-3-6-11/h4,7-9,11,25H,1-3,5-6,10H2/t16-/m1/s1. The van der Waals surface area contributed by atoms with Crippen molar-refractivity contribution in [2.75, 3.05) is 0 Å². The molecular weight excluding hydrogens is 357 g/mol. The molecule has 1 N–H and O–H groups in total.